The Hall–Kier alpha value is -3.69. The van der Waals surface area contributed by atoms with Crippen LogP contribution in [0.25, 0.3) is 17.0 Å². The third-order valence-corrected chi connectivity index (χ3v) is 5.96. The van der Waals surface area contributed by atoms with E-state index in [0.29, 0.717) is 36.6 Å². The number of rotatable bonds is 5. The summed E-state index contributed by atoms with van der Waals surface area (Å²) in [6, 6.07) is 8.16. The SMILES string of the molecule is Cn1ncnc1COc1nn2c(-c3ccccc3F)nnc2cc1C1(C)CC=C(F)CC1. The highest BCUT2D eigenvalue weighted by atomic mass is 19.1. The maximum absolute atomic E-state index is 14.4. The first-order valence-electron chi connectivity index (χ1n) is 10.3. The van der Waals surface area contributed by atoms with E-state index in [9.17, 15) is 8.78 Å². The van der Waals surface area contributed by atoms with Crippen molar-refractivity contribution in [2.75, 3.05) is 0 Å². The molecule has 3 aromatic heterocycles. The van der Waals surface area contributed by atoms with Crippen molar-refractivity contribution >= 4 is 5.65 Å². The van der Waals surface area contributed by atoms with Gasteiger partial charge in [-0.05, 0) is 37.5 Å². The highest BCUT2D eigenvalue weighted by molar-refractivity contribution is 5.60. The Labute approximate surface area is 182 Å². The average molecular weight is 437 g/mol. The number of hydrogen-bond acceptors (Lipinski definition) is 6. The van der Waals surface area contributed by atoms with E-state index in [1.807, 2.05) is 13.0 Å². The van der Waals surface area contributed by atoms with Gasteiger partial charge in [0.25, 0.3) is 0 Å². The normalized spacial score (nSPS) is 18.7. The Morgan fingerprint density at radius 1 is 1.19 bits per heavy atom. The van der Waals surface area contributed by atoms with Crippen molar-refractivity contribution in [2.45, 2.75) is 38.2 Å². The summed E-state index contributed by atoms with van der Waals surface area (Å²) < 4.78 is 37.3. The minimum atomic E-state index is -0.422. The molecule has 0 saturated carbocycles. The van der Waals surface area contributed by atoms with Crippen LogP contribution in [0.2, 0.25) is 0 Å². The smallest absolute Gasteiger partial charge is 0.236 e. The number of ether oxygens (including phenoxy) is 1. The van der Waals surface area contributed by atoms with Crippen molar-refractivity contribution in [3.8, 4) is 17.3 Å². The maximum atomic E-state index is 14.4. The molecule has 0 saturated heterocycles. The van der Waals surface area contributed by atoms with E-state index >= 15 is 0 Å². The van der Waals surface area contributed by atoms with Gasteiger partial charge in [0.05, 0.1) is 11.4 Å². The number of aromatic nitrogens is 7. The molecule has 0 fully saturated rings. The van der Waals surface area contributed by atoms with Gasteiger partial charge in [-0.3, -0.25) is 4.68 Å². The van der Waals surface area contributed by atoms with E-state index < -0.39 is 11.2 Å². The first-order chi connectivity index (χ1) is 15.4. The standard InChI is InChI=1S/C22H21F2N7O/c1-22(9-7-14(23)8-10-22)16-11-18-27-28-20(15-5-3-4-6-17(15)24)31(18)29-21(16)32-12-19-25-13-26-30(19)2/h3-7,11,13H,8-10,12H2,1-2H3. The second kappa shape index (κ2) is 7.77. The minimum absolute atomic E-state index is 0.109. The molecule has 5 rings (SSSR count). The van der Waals surface area contributed by atoms with Gasteiger partial charge in [0.15, 0.2) is 17.3 Å². The molecule has 1 aliphatic rings. The Morgan fingerprint density at radius 2 is 2.03 bits per heavy atom. The Balaban J connectivity index is 1.63. The van der Waals surface area contributed by atoms with E-state index in [2.05, 4.69) is 25.4 Å². The molecule has 0 aliphatic heterocycles. The molecule has 4 aromatic rings. The summed E-state index contributed by atoms with van der Waals surface area (Å²) in [4.78, 5) is 4.19. The van der Waals surface area contributed by atoms with Crippen molar-refractivity contribution in [1.82, 2.24) is 34.6 Å². The van der Waals surface area contributed by atoms with Crippen molar-refractivity contribution in [3.05, 3.63) is 65.8 Å². The van der Waals surface area contributed by atoms with Gasteiger partial charge in [-0.2, -0.15) is 9.61 Å². The predicted molar refractivity (Wildman–Crippen MR) is 112 cm³/mol. The van der Waals surface area contributed by atoms with Crippen LogP contribution in [0.4, 0.5) is 8.78 Å². The summed E-state index contributed by atoms with van der Waals surface area (Å²) in [7, 11) is 1.77. The molecule has 8 nitrogen and oxygen atoms in total. The molecule has 0 N–H and O–H groups in total. The molecule has 0 bridgehead atoms. The molecule has 0 spiro atoms. The van der Waals surface area contributed by atoms with E-state index in [1.165, 1.54) is 16.9 Å². The van der Waals surface area contributed by atoms with Crippen molar-refractivity contribution in [1.29, 1.82) is 0 Å². The molecular formula is C22H21F2N7O. The minimum Gasteiger partial charge on any atom is -0.468 e. The highest BCUT2D eigenvalue weighted by Crippen LogP contribution is 2.42. The Bertz CT molecular complexity index is 1330. The van der Waals surface area contributed by atoms with Gasteiger partial charge in [-0.1, -0.05) is 25.1 Å². The molecule has 1 aromatic carbocycles. The lowest BCUT2D eigenvalue weighted by atomic mass is 9.73. The summed E-state index contributed by atoms with van der Waals surface area (Å²) >= 11 is 0. The lowest BCUT2D eigenvalue weighted by Gasteiger charge is -2.32. The van der Waals surface area contributed by atoms with Gasteiger partial charge >= 0.3 is 0 Å². The highest BCUT2D eigenvalue weighted by Gasteiger charge is 2.34. The molecule has 164 valence electrons. The summed E-state index contributed by atoms with van der Waals surface area (Å²) in [5.41, 5.74) is 1.14. The molecule has 32 heavy (non-hydrogen) atoms. The third kappa shape index (κ3) is 3.51. The van der Waals surface area contributed by atoms with Crippen LogP contribution in [-0.2, 0) is 19.1 Å². The van der Waals surface area contributed by atoms with Crippen LogP contribution in [0, 0.1) is 5.82 Å². The van der Waals surface area contributed by atoms with E-state index in [0.717, 1.165) is 5.56 Å². The predicted octanol–water partition coefficient (Wildman–Crippen LogP) is 3.93. The average Bonchev–Trinajstić information content (AvgIpc) is 3.39. The van der Waals surface area contributed by atoms with Crippen LogP contribution in [0.5, 0.6) is 5.88 Å². The van der Waals surface area contributed by atoms with Crippen LogP contribution in [0.15, 0.2) is 48.6 Å². The number of aryl methyl sites for hydroxylation is 1. The van der Waals surface area contributed by atoms with Gasteiger partial charge in [-0.15, -0.1) is 15.3 Å². The second-order valence-electron chi connectivity index (χ2n) is 8.14. The quantitative estimate of drug-likeness (QED) is 0.470. The molecule has 1 unspecified atom stereocenters. The van der Waals surface area contributed by atoms with Gasteiger partial charge in [0, 0.05) is 18.0 Å². The van der Waals surface area contributed by atoms with Gasteiger partial charge in [0.2, 0.25) is 5.88 Å². The third-order valence-electron chi connectivity index (χ3n) is 5.96. The number of halogens is 2. The Kier molecular flexibility index (Phi) is 4.91. The topological polar surface area (TPSA) is 83.0 Å². The van der Waals surface area contributed by atoms with E-state index in [-0.39, 0.29) is 23.8 Å². The van der Waals surface area contributed by atoms with Crippen LogP contribution < -0.4 is 4.74 Å². The zero-order chi connectivity index (χ0) is 22.3. The second-order valence-corrected chi connectivity index (χ2v) is 8.14. The van der Waals surface area contributed by atoms with Gasteiger partial charge in [0.1, 0.15) is 18.8 Å². The fourth-order valence-corrected chi connectivity index (χ4v) is 3.93. The lowest BCUT2D eigenvalue weighted by molar-refractivity contribution is 0.259. The van der Waals surface area contributed by atoms with Crippen molar-refractivity contribution in [3.63, 3.8) is 0 Å². The summed E-state index contributed by atoms with van der Waals surface area (Å²) in [5, 5.41) is 17.1. The molecule has 0 radical (unpaired) electrons. The summed E-state index contributed by atoms with van der Waals surface area (Å²) in [5.74, 6) is 0.705. The summed E-state index contributed by atoms with van der Waals surface area (Å²) in [6.45, 7) is 2.19. The number of benzene rings is 1. The van der Waals surface area contributed by atoms with Crippen LogP contribution in [0.3, 0.4) is 0 Å². The molecule has 10 heteroatoms. The zero-order valence-corrected chi connectivity index (χ0v) is 17.7. The largest absolute Gasteiger partial charge is 0.468 e. The monoisotopic (exact) mass is 437 g/mol. The number of allylic oxidation sites excluding steroid dienone is 2. The van der Waals surface area contributed by atoms with Crippen molar-refractivity contribution in [2.24, 2.45) is 7.05 Å². The number of nitrogens with zero attached hydrogens (tertiary/aromatic N) is 7. The van der Waals surface area contributed by atoms with Crippen molar-refractivity contribution < 1.29 is 13.5 Å². The first kappa shape index (κ1) is 20.2. The fraction of sp³-hybridized carbons (Fsp3) is 0.318. The number of hydrogen-bond donors (Lipinski definition) is 0. The molecule has 0 amide bonds. The van der Waals surface area contributed by atoms with Crippen LogP contribution in [-0.4, -0.2) is 34.6 Å². The maximum Gasteiger partial charge on any atom is 0.236 e. The van der Waals surface area contributed by atoms with E-state index in [4.69, 9.17) is 4.74 Å². The summed E-state index contributed by atoms with van der Waals surface area (Å²) in [6.07, 6.45) is 4.50. The van der Waals surface area contributed by atoms with Crippen LogP contribution >= 0.6 is 0 Å². The molecule has 1 atom stereocenters. The number of fused-ring (bicyclic) bond motifs is 1. The molecule has 3 heterocycles. The van der Waals surface area contributed by atoms with Crippen LogP contribution in [0.1, 0.15) is 37.6 Å². The zero-order valence-electron chi connectivity index (χ0n) is 17.7. The fourth-order valence-electron chi connectivity index (χ4n) is 3.93. The van der Waals surface area contributed by atoms with Gasteiger partial charge < -0.3 is 4.74 Å². The van der Waals surface area contributed by atoms with E-state index in [1.54, 1.807) is 36.0 Å². The van der Waals surface area contributed by atoms with Gasteiger partial charge in [-0.25, -0.2) is 13.8 Å². The Morgan fingerprint density at radius 3 is 2.75 bits per heavy atom. The molecular weight excluding hydrogens is 416 g/mol. The first-order valence-corrected chi connectivity index (χ1v) is 10.3. The molecule has 1 aliphatic carbocycles. The lowest BCUT2D eigenvalue weighted by Crippen LogP contribution is -2.26.